The number of β-lactam (4-membered cyclic amide) rings is 1. The zero-order valence-electron chi connectivity index (χ0n) is 24.9. The zero-order chi connectivity index (χ0) is 33.6. The van der Waals surface area contributed by atoms with E-state index in [-0.39, 0.29) is 48.2 Å². The molecule has 3 aromatic rings. The molecule has 3 N–H and O–H groups in total. The van der Waals surface area contributed by atoms with E-state index < -0.39 is 36.8 Å². The Morgan fingerprint density at radius 2 is 2.00 bits per heavy atom. The van der Waals surface area contributed by atoms with Gasteiger partial charge in [0.25, 0.3) is 11.8 Å². The standard InChI is InChI=1S/C27H29N6O9PS4/c1-3-41-43(39,42-4-2)10-9-40-32-19(17-13-45-26(29-17)28-14-34)22(35)31-20-23(36)33-21(25(37)38)15(11-44-24(20)33)12-46-27-30-16-7-5-6-8-18(16)47-27/h5-8,13-14,20,24H,3-4,9-12H2,1-2H3,(H,31,35)(H,37,38)(H,28,29,34)/t20?,24-/m0/s1. The Balaban J connectivity index is 1.28. The van der Waals surface area contributed by atoms with Crippen LogP contribution in [0, 0.1) is 0 Å². The number of amides is 3. The number of carbonyl (C=O) groups is 4. The predicted octanol–water partition coefficient (Wildman–Crippen LogP) is 3.84. The number of fused-ring (bicyclic) bond motifs is 2. The van der Waals surface area contributed by atoms with Crippen LogP contribution in [0.3, 0.4) is 0 Å². The van der Waals surface area contributed by atoms with Crippen LogP contribution in [0.1, 0.15) is 19.5 Å². The molecule has 0 aliphatic carbocycles. The van der Waals surface area contributed by atoms with Crippen molar-refractivity contribution in [2.75, 3.05) is 42.8 Å². The first kappa shape index (κ1) is 35.0. The topological polar surface area (TPSA) is 199 Å². The molecule has 2 aliphatic heterocycles. The quantitative estimate of drug-likeness (QED) is 0.0344. The van der Waals surface area contributed by atoms with Crippen LogP contribution in [0.2, 0.25) is 0 Å². The van der Waals surface area contributed by atoms with Crippen LogP contribution >= 0.6 is 53.8 Å². The molecule has 1 fully saturated rings. The zero-order valence-corrected chi connectivity index (χ0v) is 29.1. The Morgan fingerprint density at radius 1 is 1.23 bits per heavy atom. The van der Waals surface area contributed by atoms with Crippen LogP contribution in [0.4, 0.5) is 5.13 Å². The number of thiazole rings is 2. The molecule has 1 unspecified atom stereocenters. The Labute approximate surface area is 285 Å². The van der Waals surface area contributed by atoms with Crippen LogP contribution in [-0.4, -0.2) is 98.8 Å². The molecule has 0 radical (unpaired) electrons. The van der Waals surface area contributed by atoms with Gasteiger partial charge in [0.15, 0.2) is 15.2 Å². The van der Waals surface area contributed by atoms with Crippen LogP contribution in [0.25, 0.3) is 10.2 Å². The third-order valence-electron chi connectivity index (χ3n) is 6.59. The fraction of sp³-hybridized carbons (Fsp3) is 0.370. The molecule has 3 amide bonds. The number of carboxylic acids is 1. The number of hydrogen-bond donors (Lipinski definition) is 3. The number of oxime groups is 1. The van der Waals surface area contributed by atoms with E-state index in [1.54, 1.807) is 13.8 Å². The summed E-state index contributed by atoms with van der Waals surface area (Å²) in [6.45, 7) is 3.44. The smallest absolute Gasteiger partial charge is 0.352 e. The Bertz CT molecular complexity index is 1740. The number of nitrogens with one attached hydrogen (secondary N) is 2. The molecular formula is C27H29N6O9PS4. The molecule has 1 aromatic carbocycles. The van der Waals surface area contributed by atoms with E-state index >= 15 is 0 Å². The van der Waals surface area contributed by atoms with E-state index in [1.807, 2.05) is 24.3 Å². The molecule has 15 nitrogen and oxygen atoms in total. The second-order valence-electron chi connectivity index (χ2n) is 9.60. The summed E-state index contributed by atoms with van der Waals surface area (Å²) in [5.74, 6) is -1.99. The number of anilines is 1. The average molecular weight is 741 g/mol. The minimum absolute atomic E-state index is 0.0508. The molecule has 5 rings (SSSR count). The average Bonchev–Trinajstić information content (AvgIpc) is 3.69. The SMILES string of the molecule is CCOP(=O)(CCON=C(C(=O)NC1C(=O)N2C(C(=O)O)=C(CSc3nc4ccccc4s3)CS[C@@H]12)c1csc(NC=O)n1)OCC. The number of carbonyl (C=O) groups excluding carboxylic acids is 3. The van der Waals surface area contributed by atoms with Gasteiger partial charge in [-0.2, -0.15) is 0 Å². The summed E-state index contributed by atoms with van der Waals surface area (Å²) >= 11 is 5.28. The van der Waals surface area contributed by atoms with Crippen molar-refractivity contribution in [1.29, 1.82) is 0 Å². The van der Waals surface area contributed by atoms with Crippen molar-refractivity contribution in [1.82, 2.24) is 20.2 Å². The first-order valence-corrected chi connectivity index (χ1v) is 19.6. The van der Waals surface area contributed by atoms with E-state index in [0.29, 0.717) is 23.5 Å². The van der Waals surface area contributed by atoms with Crippen molar-refractivity contribution in [2.45, 2.75) is 29.6 Å². The highest BCUT2D eigenvalue weighted by Gasteiger charge is 2.54. The van der Waals surface area contributed by atoms with Gasteiger partial charge in [0.2, 0.25) is 6.41 Å². The monoisotopic (exact) mass is 740 g/mol. The maximum absolute atomic E-state index is 13.5. The summed E-state index contributed by atoms with van der Waals surface area (Å²) in [5, 5.41) is 20.0. The van der Waals surface area contributed by atoms with Gasteiger partial charge in [0, 0.05) is 16.9 Å². The number of benzene rings is 1. The van der Waals surface area contributed by atoms with E-state index in [2.05, 4.69) is 25.8 Å². The predicted molar refractivity (Wildman–Crippen MR) is 180 cm³/mol. The molecular weight excluding hydrogens is 712 g/mol. The van der Waals surface area contributed by atoms with Gasteiger partial charge in [-0.15, -0.1) is 34.4 Å². The van der Waals surface area contributed by atoms with Gasteiger partial charge in [-0.25, -0.2) is 14.8 Å². The summed E-state index contributed by atoms with van der Waals surface area (Å²) in [6.07, 6.45) is 0.289. The molecule has 2 atom stereocenters. The van der Waals surface area contributed by atoms with Crippen LogP contribution in [-0.2, 0) is 37.6 Å². The van der Waals surface area contributed by atoms with Crippen molar-refractivity contribution in [3.05, 3.63) is 46.6 Å². The number of hydrogen-bond acceptors (Lipinski definition) is 15. The van der Waals surface area contributed by atoms with Crippen LogP contribution in [0.15, 0.2) is 50.4 Å². The summed E-state index contributed by atoms with van der Waals surface area (Å²) in [5.41, 5.74) is 1.07. The lowest BCUT2D eigenvalue weighted by Gasteiger charge is -2.49. The minimum Gasteiger partial charge on any atom is -0.477 e. The molecule has 250 valence electrons. The third kappa shape index (κ3) is 8.05. The summed E-state index contributed by atoms with van der Waals surface area (Å²) < 4.78 is 25.0. The van der Waals surface area contributed by atoms with Gasteiger partial charge < -0.3 is 29.6 Å². The molecule has 0 saturated carbocycles. The number of aliphatic carboxylic acids is 1. The van der Waals surface area contributed by atoms with E-state index in [0.717, 1.165) is 25.9 Å². The van der Waals surface area contributed by atoms with Crippen molar-refractivity contribution < 1.29 is 42.7 Å². The summed E-state index contributed by atoms with van der Waals surface area (Å²) in [4.78, 5) is 65.3. The number of para-hydroxylation sites is 1. The fourth-order valence-electron chi connectivity index (χ4n) is 4.59. The summed E-state index contributed by atoms with van der Waals surface area (Å²) in [7, 11) is -3.44. The van der Waals surface area contributed by atoms with Gasteiger partial charge in [-0.1, -0.05) is 29.1 Å². The molecule has 20 heteroatoms. The first-order valence-electron chi connectivity index (χ1n) is 14.1. The molecule has 2 aromatic heterocycles. The number of thioether (sulfide) groups is 2. The second-order valence-corrected chi connectivity index (χ2v) is 16.0. The highest BCUT2D eigenvalue weighted by Crippen LogP contribution is 2.47. The van der Waals surface area contributed by atoms with Crippen LogP contribution < -0.4 is 10.6 Å². The lowest BCUT2D eigenvalue weighted by atomic mass is 10.0. The molecule has 0 spiro atoms. The maximum atomic E-state index is 13.5. The van der Waals surface area contributed by atoms with Gasteiger partial charge in [0.1, 0.15) is 29.4 Å². The highest BCUT2D eigenvalue weighted by atomic mass is 32.2. The second kappa shape index (κ2) is 15.7. The van der Waals surface area contributed by atoms with Gasteiger partial charge in [-0.05, 0) is 31.6 Å². The Hall–Kier alpha value is -3.32. The van der Waals surface area contributed by atoms with Crippen LogP contribution in [0.5, 0.6) is 0 Å². The highest BCUT2D eigenvalue weighted by molar-refractivity contribution is 8.02. The number of nitrogens with zero attached hydrogens (tertiary/aromatic N) is 4. The number of aromatic nitrogens is 2. The largest absolute Gasteiger partial charge is 0.477 e. The molecule has 4 heterocycles. The first-order chi connectivity index (χ1) is 22.7. The van der Waals surface area contributed by atoms with Crippen molar-refractivity contribution >= 4 is 99.0 Å². The van der Waals surface area contributed by atoms with Gasteiger partial charge in [0.05, 0.1) is 29.6 Å². The third-order valence-corrected chi connectivity index (χ3v) is 13.0. The lowest BCUT2D eigenvalue weighted by molar-refractivity contribution is -0.150. The normalized spacial score (nSPS) is 18.1. The number of carboxylic acid groups (broad SMARTS) is 1. The number of rotatable bonds is 17. The Morgan fingerprint density at radius 3 is 2.70 bits per heavy atom. The lowest BCUT2D eigenvalue weighted by Crippen LogP contribution is -2.71. The van der Waals surface area contributed by atoms with Crippen molar-refractivity contribution in [3.8, 4) is 0 Å². The summed E-state index contributed by atoms with van der Waals surface area (Å²) in [6, 6.07) is 6.65. The maximum Gasteiger partial charge on any atom is 0.352 e. The molecule has 1 saturated heterocycles. The van der Waals surface area contributed by atoms with Crippen molar-refractivity contribution in [3.63, 3.8) is 0 Å². The van der Waals surface area contributed by atoms with Gasteiger partial charge in [-0.3, -0.25) is 23.8 Å². The Kier molecular flexibility index (Phi) is 11.7. The van der Waals surface area contributed by atoms with Crippen molar-refractivity contribution in [2.24, 2.45) is 5.16 Å². The molecule has 0 bridgehead atoms. The molecule has 47 heavy (non-hydrogen) atoms. The fourth-order valence-corrected chi connectivity index (χ4v) is 10.2. The minimum atomic E-state index is -3.44. The van der Waals surface area contributed by atoms with E-state index in [9.17, 15) is 28.8 Å². The van der Waals surface area contributed by atoms with E-state index in [1.165, 1.54) is 45.1 Å². The van der Waals surface area contributed by atoms with Gasteiger partial charge >= 0.3 is 13.6 Å². The van der Waals surface area contributed by atoms with E-state index in [4.69, 9.17) is 13.9 Å². The molecule has 2 aliphatic rings.